The monoisotopic (exact) mass is 1220 g/mol. The second-order valence-corrected chi connectivity index (χ2v) is 22.3. The fraction of sp³-hybridized carbons (Fsp3) is 0.500. The Hall–Kier alpha value is 1.27. The van der Waals surface area contributed by atoms with E-state index >= 15 is 0 Å². The fourth-order valence-electron chi connectivity index (χ4n) is 1.55. The van der Waals surface area contributed by atoms with Crippen molar-refractivity contribution in [1.29, 1.82) is 0 Å². The zero-order chi connectivity index (χ0) is 34.8. The van der Waals surface area contributed by atoms with Crippen LogP contribution >= 0.6 is 71.4 Å². The normalized spacial score (nSPS) is 15.8. The molecule has 0 atom stereocenters. The Morgan fingerprint density at radius 3 is 0.409 bits per heavy atom. The van der Waals surface area contributed by atoms with E-state index < -0.39 is 176 Å². The SMILES string of the molecule is O=C1OCCOC(=O)C(=O)OCCOC(=O)C(=O)OCCOC(=O)C(=O)OCCOC1=O.[Cl][Sn][Cl].[Cl][Sn][Cl].[Cl][Sn][Cl].[Cl][Sn][Cl]. The van der Waals surface area contributed by atoms with Crippen LogP contribution in [0.1, 0.15) is 0 Å². The van der Waals surface area contributed by atoms with Gasteiger partial charge in [-0.15, -0.1) is 0 Å². The van der Waals surface area contributed by atoms with Gasteiger partial charge in [0.25, 0.3) is 0 Å². The quantitative estimate of drug-likeness (QED) is 0.139. The van der Waals surface area contributed by atoms with Crippen molar-refractivity contribution in [3.63, 3.8) is 0 Å². The minimum atomic E-state index is -1.47. The van der Waals surface area contributed by atoms with Crippen LogP contribution in [-0.2, 0) is 76.3 Å². The Labute approximate surface area is 319 Å². The first kappa shape index (κ1) is 52.1. The number of rotatable bonds is 0. The molecule has 8 radical (unpaired) electrons. The van der Waals surface area contributed by atoms with Gasteiger partial charge in [0.1, 0.15) is 52.9 Å². The van der Waals surface area contributed by atoms with Gasteiger partial charge in [-0.3, -0.25) is 0 Å². The van der Waals surface area contributed by atoms with Crippen LogP contribution in [0.5, 0.6) is 0 Å². The van der Waals surface area contributed by atoms with Gasteiger partial charge >= 0.3 is 195 Å². The first-order valence-corrected chi connectivity index (χ1v) is 39.0. The number of hydrogen-bond acceptors (Lipinski definition) is 16. The van der Waals surface area contributed by atoms with Crippen LogP contribution in [0, 0.1) is 0 Å². The second kappa shape index (κ2) is 40.4. The van der Waals surface area contributed by atoms with Crippen molar-refractivity contribution in [2.75, 3.05) is 52.9 Å². The number of esters is 8. The Kier molecular flexibility index (Phi) is 47.9. The molecule has 0 unspecified atom stereocenters. The molecule has 1 aliphatic rings. The summed E-state index contributed by atoms with van der Waals surface area (Å²) in [5.74, 6) is -11.8. The Balaban J connectivity index is -0.000000572. The van der Waals surface area contributed by atoms with E-state index in [2.05, 4.69) is 37.9 Å². The third kappa shape index (κ3) is 37.7. The molecule has 0 aromatic rings. The van der Waals surface area contributed by atoms with Crippen LogP contribution in [0.3, 0.4) is 0 Å². The zero-order valence-electron chi connectivity index (χ0n) is 21.2. The average molecular weight is 1220 g/mol. The maximum atomic E-state index is 11.3. The summed E-state index contributed by atoms with van der Waals surface area (Å²) >= 11 is -3.30. The standard InChI is InChI=1S/C16H16O16.8ClH.4Sn/c17-9-10(18)27-3-4-29-13(21)14(22)31-7-8-32-16(24)15(23)30-6-5-28-12(20)11(19)26-2-1-25-9;;;;;;;;;;;;/h1-8H2;8*1H;;;;/q;;;;;;;;;4*+2/p-8. The molecule has 0 bridgehead atoms. The van der Waals surface area contributed by atoms with Gasteiger partial charge in [0.05, 0.1) is 0 Å². The molecule has 0 saturated carbocycles. The number of carbonyl (C=O) groups is 8. The van der Waals surface area contributed by atoms with Gasteiger partial charge < -0.3 is 37.9 Å². The molecule has 0 spiro atoms. The van der Waals surface area contributed by atoms with Crippen LogP contribution in [0.25, 0.3) is 0 Å². The summed E-state index contributed by atoms with van der Waals surface area (Å²) in [5.41, 5.74) is 0. The molecule has 0 aromatic heterocycles. The molecule has 28 heteroatoms. The molecule has 0 amide bonds. The summed E-state index contributed by atoms with van der Waals surface area (Å²) in [5, 5.41) is 0. The van der Waals surface area contributed by atoms with Crippen LogP contribution in [0.15, 0.2) is 0 Å². The summed E-state index contributed by atoms with van der Waals surface area (Å²) in [6, 6.07) is 0. The number of halogens is 8. The molecule has 0 N–H and O–H groups in total. The van der Waals surface area contributed by atoms with E-state index in [1.807, 2.05) is 0 Å². The Morgan fingerprint density at radius 2 is 0.341 bits per heavy atom. The minimum absolute atomic E-state index is 0.618. The number of ether oxygens (including phenoxy) is 8. The first-order valence-electron chi connectivity index (χ1n) is 10.1. The van der Waals surface area contributed by atoms with Gasteiger partial charge in [-0.2, -0.15) is 0 Å². The molecule has 44 heavy (non-hydrogen) atoms. The Morgan fingerprint density at radius 1 is 0.273 bits per heavy atom. The molecule has 248 valence electrons. The van der Waals surface area contributed by atoms with Crippen LogP contribution in [0.2, 0.25) is 0 Å². The summed E-state index contributed by atoms with van der Waals surface area (Å²) in [7, 11) is 39.5. The third-order valence-electron chi connectivity index (χ3n) is 2.87. The van der Waals surface area contributed by atoms with Crippen molar-refractivity contribution in [3.05, 3.63) is 0 Å². The van der Waals surface area contributed by atoms with Gasteiger partial charge in [0.2, 0.25) is 0 Å². The summed E-state index contributed by atoms with van der Waals surface area (Å²) in [6.45, 7) is -4.94. The van der Waals surface area contributed by atoms with E-state index in [0.717, 1.165) is 0 Å². The van der Waals surface area contributed by atoms with Crippen molar-refractivity contribution in [2.45, 2.75) is 0 Å². The van der Waals surface area contributed by atoms with Gasteiger partial charge in [-0.25, -0.2) is 38.4 Å². The van der Waals surface area contributed by atoms with Gasteiger partial charge in [0.15, 0.2) is 0 Å². The van der Waals surface area contributed by atoms with E-state index in [1.54, 1.807) is 0 Å². The molecule has 1 heterocycles. The van der Waals surface area contributed by atoms with Crippen molar-refractivity contribution in [1.82, 2.24) is 0 Å². The summed E-state index contributed by atoms with van der Waals surface area (Å²) < 4.78 is 35.3. The van der Waals surface area contributed by atoms with Crippen molar-refractivity contribution in [2.24, 2.45) is 0 Å². The van der Waals surface area contributed by atoms with E-state index in [0.29, 0.717) is 0 Å². The van der Waals surface area contributed by atoms with E-state index in [9.17, 15) is 38.4 Å². The molecule has 1 aliphatic heterocycles. The fourth-order valence-corrected chi connectivity index (χ4v) is 1.55. The second-order valence-electron chi connectivity index (χ2n) is 5.37. The van der Waals surface area contributed by atoms with Crippen molar-refractivity contribution >= 4 is 195 Å². The van der Waals surface area contributed by atoms with E-state index in [1.165, 1.54) is 0 Å². The summed E-state index contributed by atoms with van der Waals surface area (Å²) in [6.07, 6.45) is 0. The summed E-state index contributed by atoms with van der Waals surface area (Å²) in [4.78, 5) is 90.8. The topological polar surface area (TPSA) is 210 Å². The molecule has 1 fully saturated rings. The van der Waals surface area contributed by atoms with Crippen molar-refractivity contribution < 1.29 is 76.3 Å². The molecular formula is C16H16Cl8O16Sn4. The van der Waals surface area contributed by atoms with Crippen molar-refractivity contribution in [3.8, 4) is 0 Å². The number of cyclic esters (lactones) is 8. The third-order valence-corrected chi connectivity index (χ3v) is 2.87. The van der Waals surface area contributed by atoms with E-state index in [4.69, 9.17) is 71.4 Å². The first-order chi connectivity index (χ1) is 20.9. The predicted molar refractivity (Wildman–Crippen MR) is 158 cm³/mol. The van der Waals surface area contributed by atoms with Gasteiger partial charge in [-0.1, -0.05) is 0 Å². The molecule has 16 nitrogen and oxygen atoms in total. The Bertz CT molecular complexity index is 676. The number of hydrogen-bond donors (Lipinski definition) is 0. The molecule has 1 rings (SSSR count). The number of carbonyl (C=O) groups excluding carboxylic acids is 8. The van der Waals surface area contributed by atoms with Crippen LogP contribution in [-0.4, -0.2) is 176 Å². The predicted octanol–water partition coefficient (Wildman–Crippen LogP) is 0.338. The molecular weight excluding hydrogens is 1210 g/mol. The zero-order valence-corrected chi connectivity index (χ0v) is 38.7. The molecule has 0 aromatic carbocycles. The average Bonchev–Trinajstić information content (AvgIpc) is 2.98. The van der Waals surface area contributed by atoms with Gasteiger partial charge in [-0.05, 0) is 0 Å². The van der Waals surface area contributed by atoms with Gasteiger partial charge in [0, 0.05) is 0 Å². The maximum absolute atomic E-state index is 11.3. The molecule has 1 saturated heterocycles. The van der Waals surface area contributed by atoms with Crippen LogP contribution < -0.4 is 0 Å². The van der Waals surface area contributed by atoms with Crippen LogP contribution in [0.4, 0.5) is 0 Å². The molecule has 0 aliphatic carbocycles. The van der Waals surface area contributed by atoms with E-state index in [-0.39, 0.29) is 0 Å².